The van der Waals surface area contributed by atoms with Crippen molar-refractivity contribution in [2.45, 2.75) is 40.5 Å². The van der Waals surface area contributed by atoms with Crippen LogP contribution >= 0.6 is 0 Å². The fourth-order valence-corrected chi connectivity index (χ4v) is 1.90. The lowest BCUT2D eigenvalue weighted by Crippen LogP contribution is -1.99. The van der Waals surface area contributed by atoms with Gasteiger partial charge in [-0.1, -0.05) is 33.8 Å². The molecule has 0 aliphatic carbocycles. The van der Waals surface area contributed by atoms with Gasteiger partial charge in [0.25, 0.3) is 0 Å². The first kappa shape index (κ1) is 12.2. The van der Waals surface area contributed by atoms with Crippen LogP contribution in [0.1, 0.15) is 38.8 Å². The van der Waals surface area contributed by atoms with E-state index >= 15 is 0 Å². The monoisotopic (exact) mass is 208 g/mol. The second-order valence-electron chi connectivity index (χ2n) is 5.16. The summed E-state index contributed by atoms with van der Waals surface area (Å²) >= 11 is 0. The van der Waals surface area contributed by atoms with Gasteiger partial charge in [-0.05, 0) is 47.9 Å². The van der Waals surface area contributed by atoms with E-state index < -0.39 is 0 Å². The normalized spacial score (nSPS) is 11.4. The largest absolute Gasteiger partial charge is 0.207 e. The lowest BCUT2D eigenvalue weighted by molar-refractivity contribution is 0.600. The van der Waals surface area contributed by atoms with E-state index in [1.54, 1.807) is 12.1 Å². The molecule has 1 heteroatoms. The molecule has 1 aromatic rings. The van der Waals surface area contributed by atoms with E-state index in [1.165, 1.54) is 0 Å². The first-order valence-corrected chi connectivity index (χ1v) is 5.75. The molecule has 0 saturated carbocycles. The van der Waals surface area contributed by atoms with Crippen LogP contribution in [0.5, 0.6) is 0 Å². The van der Waals surface area contributed by atoms with Crippen molar-refractivity contribution in [2.24, 2.45) is 11.8 Å². The van der Waals surface area contributed by atoms with E-state index in [0.29, 0.717) is 11.8 Å². The highest BCUT2D eigenvalue weighted by molar-refractivity contribution is 5.25. The number of rotatable bonds is 4. The Morgan fingerprint density at radius 3 is 1.60 bits per heavy atom. The molecular weight excluding hydrogens is 187 g/mol. The zero-order valence-corrected chi connectivity index (χ0v) is 10.2. The van der Waals surface area contributed by atoms with Crippen LogP contribution in [0.2, 0.25) is 0 Å². The van der Waals surface area contributed by atoms with Crippen molar-refractivity contribution in [3.05, 3.63) is 35.1 Å². The van der Waals surface area contributed by atoms with Gasteiger partial charge in [0, 0.05) is 0 Å². The molecule has 0 aromatic heterocycles. The second-order valence-corrected chi connectivity index (χ2v) is 5.16. The van der Waals surface area contributed by atoms with E-state index in [0.717, 1.165) is 24.0 Å². The summed E-state index contributed by atoms with van der Waals surface area (Å²) in [6.45, 7) is 8.64. The minimum absolute atomic E-state index is 0.0937. The van der Waals surface area contributed by atoms with Crippen molar-refractivity contribution in [1.29, 1.82) is 0 Å². The van der Waals surface area contributed by atoms with Gasteiger partial charge in [-0.25, -0.2) is 4.39 Å². The maximum absolute atomic E-state index is 13.3. The zero-order chi connectivity index (χ0) is 11.4. The van der Waals surface area contributed by atoms with Gasteiger partial charge in [-0.2, -0.15) is 0 Å². The number of benzene rings is 1. The van der Waals surface area contributed by atoms with Crippen molar-refractivity contribution >= 4 is 0 Å². The topological polar surface area (TPSA) is 0 Å². The highest BCUT2D eigenvalue weighted by atomic mass is 19.1. The minimum atomic E-state index is -0.0937. The Morgan fingerprint density at radius 2 is 1.27 bits per heavy atom. The number of hydrogen-bond acceptors (Lipinski definition) is 0. The van der Waals surface area contributed by atoms with E-state index in [-0.39, 0.29) is 5.82 Å². The summed E-state index contributed by atoms with van der Waals surface area (Å²) in [5.74, 6) is 1.07. The fraction of sp³-hybridized carbons (Fsp3) is 0.571. The van der Waals surface area contributed by atoms with Crippen molar-refractivity contribution in [2.75, 3.05) is 0 Å². The lowest BCUT2D eigenvalue weighted by Gasteiger charge is -2.09. The molecule has 0 nitrogen and oxygen atoms in total. The SMILES string of the molecule is CC(C)Cc1cc(F)cc(CC(C)C)c1. The molecule has 0 saturated heterocycles. The van der Waals surface area contributed by atoms with Crippen LogP contribution < -0.4 is 0 Å². The summed E-state index contributed by atoms with van der Waals surface area (Å²) in [5, 5.41) is 0. The first-order valence-electron chi connectivity index (χ1n) is 5.75. The highest BCUT2D eigenvalue weighted by Gasteiger charge is 2.04. The van der Waals surface area contributed by atoms with Gasteiger partial charge in [0.05, 0.1) is 0 Å². The molecule has 0 heterocycles. The van der Waals surface area contributed by atoms with E-state index in [2.05, 4.69) is 33.8 Å². The molecule has 0 unspecified atom stereocenters. The van der Waals surface area contributed by atoms with E-state index in [4.69, 9.17) is 0 Å². The van der Waals surface area contributed by atoms with Gasteiger partial charge >= 0.3 is 0 Å². The summed E-state index contributed by atoms with van der Waals surface area (Å²) in [4.78, 5) is 0. The van der Waals surface area contributed by atoms with Crippen LogP contribution in [-0.4, -0.2) is 0 Å². The van der Waals surface area contributed by atoms with Crippen molar-refractivity contribution in [1.82, 2.24) is 0 Å². The third-order valence-electron chi connectivity index (χ3n) is 2.31. The van der Waals surface area contributed by atoms with Gasteiger partial charge in [-0.15, -0.1) is 0 Å². The molecule has 0 aliphatic rings. The average Bonchev–Trinajstić information content (AvgIpc) is 1.98. The third kappa shape index (κ3) is 4.46. The lowest BCUT2D eigenvalue weighted by atomic mass is 9.97. The first-order chi connectivity index (χ1) is 6.97. The smallest absolute Gasteiger partial charge is 0.123 e. The maximum Gasteiger partial charge on any atom is 0.123 e. The summed E-state index contributed by atoms with van der Waals surface area (Å²) in [5.41, 5.74) is 2.25. The van der Waals surface area contributed by atoms with Gasteiger partial charge in [0.15, 0.2) is 0 Å². The summed E-state index contributed by atoms with van der Waals surface area (Å²) in [6, 6.07) is 5.46. The van der Waals surface area contributed by atoms with Crippen LogP contribution in [0.3, 0.4) is 0 Å². The molecule has 15 heavy (non-hydrogen) atoms. The summed E-state index contributed by atoms with van der Waals surface area (Å²) in [7, 11) is 0. The van der Waals surface area contributed by atoms with Crippen LogP contribution in [0.15, 0.2) is 18.2 Å². The fourth-order valence-electron chi connectivity index (χ4n) is 1.90. The maximum atomic E-state index is 13.3. The van der Waals surface area contributed by atoms with Crippen molar-refractivity contribution in [3.8, 4) is 0 Å². The summed E-state index contributed by atoms with van der Waals surface area (Å²) < 4.78 is 13.3. The van der Waals surface area contributed by atoms with Crippen LogP contribution in [0.25, 0.3) is 0 Å². The van der Waals surface area contributed by atoms with Crippen molar-refractivity contribution in [3.63, 3.8) is 0 Å². The predicted molar refractivity (Wildman–Crippen MR) is 63.5 cm³/mol. The molecule has 1 aromatic carbocycles. The van der Waals surface area contributed by atoms with Gasteiger partial charge in [0.1, 0.15) is 5.82 Å². The molecule has 0 bridgehead atoms. The number of halogens is 1. The minimum Gasteiger partial charge on any atom is -0.207 e. The van der Waals surface area contributed by atoms with E-state index in [1.807, 2.05) is 0 Å². The molecule has 0 amide bonds. The van der Waals surface area contributed by atoms with Gasteiger partial charge in [-0.3, -0.25) is 0 Å². The molecule has 0 aliphatic heterocycles. The molecule has 0 fully saturated rings. The molecule has 0 atom stereocenters. The average molecular weight is 208 g/mol. The predicted octanol–water partition coefficient (Wildman–Crippen LogP) is 4.22. The van der Waals surface area contributed by atoms with Crippen LogP contribution in [0.4, 0.5) is 4.39 Å². The molecular formula is C14H21F. The van der Waals surface area contributed by atoms with Crippen molar-refractivity contribution < 1.29 is 4.39 Å². The Bertz CT molecular complexity index is 285. The Labute approximate surface area is 92.5 Å². The van der Waals surface area contributed by atoms with Crippen LogP contribution in [-0.2, 0) is 12.8 Å². The van der Waals surface area contributed by atoms with Gasteiger partial charge in [0.2, 0.25) is 0 Å². The molecule has 0 N–H and O–H groups in total. The Balaban J connectivity index is 2.84. The number of hydrogen-bond donors (Lipinski definition) is 0. The Hall–Kier alpha value is -0.850. The Morgan fingerprint density at radius 1 is 0.867 bits per heavy atom. The van der Waals surface area contributed by atoms with Gasteiger partial charge < -0.3 is 0 Å². The Kier molecular flexibility index (Phi) is 4.31. The zero-order valence-electron chi connectivity index (χ0n) is 10.2. The standard InChI is InChI=1S/C14H21F/c1-10(2)5-12-7-13(6-11(3)4)9-14(15)8-12/h7-11H,5-6H2,1-4H3. The molecule has 1 rings (SSSR count). The quantitative estimate of drug-likeness (QED) is 0.695. The molecule has 0 spiro atoms. The third-order valence-corrected chi connectivity index (χ3v) is 2.31. The molecule has 84 valence electrons. The van der Waals surface area contributed by atoms with E-state index in [9.17, 15) is 4.39 Å². The summed E-state index contributed by atoms with van der Waals surface area (Å²) in [6.07, 6.45) is 1.92. The van der Waals surface area contributed by atoms with Crippen LogP contribution in [0, 0.1) is 17.7 Å². The molecule has 0 radical (unpaired) electrons. The highest BCUT2D eigenvalue weighted by Crippen LogP contribution is 2.16. The second kappa shape index (κ2) is 5.29.